The lowest BCUT2D eigenvalue weighted by atomic mass is 8.65. The third-order valence-electron chi connectivity index (χ3n) is 2.50. The molecule has 0 aromatic rings. The number of hydrogen-bond acceptors (Lipinski definition) is 0. The molecule has 0 atom stereocenters. The van der Waals surface area contributed by atoms with Crippen LogP contribution in [-0.4, -0.2) is 78.9 Å². The second-order valence-electron chi connectivity index (χ2n) is 4.82. The van der Waals surface area contributed by atoms with Gasteiger partial charge in [-0.2, -0.15) is 0 Å². The van der Waals surface area contributed by atoms with E-state index in [4.69, 9.17) is 38.7 Å². The minimum atomic E-state index is -1.52. The van der Waals surface area contributed by atoms with Gasteiger partial charge >= 0.3 is 0 Å². The third-order valence-corrected chi connectivity index (χ3v) is 5.27. The maximum absolute atomic E-state index is 5.76. The Morgan fingerprint density at radius 2 is 1.36 bits per heavy atom. The molecule has 0 saturated heterocycles. The molecule has 0 amide bonds. The molecule has 0 rings (SSSR count). The van der Waals surface area contributed by atoms with E-state index in [9.17, 15) is 0 Å². The van der Waals surface area contributed by atoms with Gasteiger partial charge in [0.25, 0.3) is 0 Å². The van der Waals surface area contributed by atoms with E-state index in [0.29, 0.717) is 0 Å². The average Bonchev–Trinajstić information content (AvgIpc) is 1.95. The normalized spacial score (nSPS) is 10.5. The molecular weight excluding hydrogens is 172 g/mol. The van der Waals surface area contributed by atoms with Crippen LogP contribution in [0.2, 0.25) is 19.6 Å². The minimum absolute atomic E-state index is 0.104. The first kappa shape index (κ1) is 14.9. The molecule has 0 unspecified atom stereocenters. The molecule has 0 spiro atoms. The summed E-state index contributed by atoms with van der Waals surface area (Å²) in [5, 5.41) is 0. The average molecular weight is 181 g/mol. The summed E-state index contributed by atoms with van der Waals surface area (Å²) in [6.45, 7) is 6.55. The highest BCUT2D eigenvalue weighted by molar-refractivity contribution is 8.04. The van der Waals surface area contributed by atoms with Crippen molar-refractivity contribution >= 4 is 78.9 Å². The molecule has 11 heteroatoms. The van der Waals surface area contributed by atoms with Crippen molar-refractivity contribution in [3.63, 3.8) is 0 Å². The lowest BCUT2D eigenvalue weighted by molar-refractivity contribution is 1.86. The zero-order valence-electron chi connectivity index (χ0n) is 9.27. The van der Waals surface area contributed by atoms with Gasteiger partial charge in [0, 0.05) is 71.0 Å². The molecule has 0 fully saturated rings. The highest BCUT2D eigenvalue weighted by atomic mass is 28.3. The summed E-state index contributed by atoms with van der Waals surface area (Å²) in [7, 11) is 28.4. The van der Waals surface area contributed by atoms with Crippen molar-refractivity contribution in [1.82, 2.24) is 0 Å². The lowest BCUT2D eigenvalue weighted by Crippen LogP contribution is -2.71. The van der Waals surface area contributed by atoms with Gasteiger partial charge in [-0.15, -0.1) is 0 Å². The number of rotatable bonds is 5. The summed E-state index contributed by atoms with van der Waals surface area (Å²) >= 11 is 0. The smallest absolute Gasteiger partial charge is 0.0419 e. The second kappa shape index (κ2) is 5.82. The fraction of sp³-hybridized carbons (Fsp3) is 1.00. The second-order valence-corrected chi connectivity index (χ2v) is 10.2. The van der Waals surface area contributed by atoms with E-state index >= 15 is 0 Å². The predicted molar refractivity (Wildman–Crippen MR) is 80.9 cm³/mol. The van der Waals surface area contributed by atoms with E-state index in [2.05, 4.69) is 19.6 Å². The van der Waals surface area contributed by atoms with Gasteiger partial charge in [-0.3, -0.25) is 0 Å². The summed E-state index contributed by atoms with van der Waals surface area (Å²) in [5.74, 6) is 0. The predicted octanol–water partition coefficient (Wildman–Crippen LogP) is -2.44. The standard InChI is InChI=1S/C3H9B10Si/c1-14(2,3)13(11(7)8)12(9-4)10(5)6/h1-3H3. The summed E-state index contributed by atoms with van der Waals surface area (Å²) < 4.78 is 0. The van der Waals surface area contributed by atoms with Crippen molar-refractivity contribution in [3.8, 4) is 0 Å². The van der Waals surface area contributed by atoms with Crippen LogP contribution in [0, 0.1) is 0 Å². The summed E-state index contributed by atoms with van der Waals surface area (Å²) in [4.78, 5) is 0. The van der Waals surface area contributed by atoms with Crippen molar-refractivity contribution in [2.24, 2.45) is 0 Å². The minimum Gasteiger partial charge on any atom is -0.0760 e. The SMILES string of the molecule is [B][B]B(B([B])[B])B(B([B])[B])[Si](C)(C)C. The van der Waals surface area contributed by atoms with E-state index in [1.807, 2.05) is 0 Å². The maximum Gasteiger partial charge on any atom is 0.0419 e. The lowest BCUT2D eigenvalue weighted by Gasteiger charge is -2.37. The van der Waals surface area contributed by atoms with Gasteiger partial charge in [-0.1, -0.05) is 19.6 Å². The summed E-state index contributed by atoms with van der Waals surface area (Å²) in [5.41, 5.74) is 0. The van der Waals surface area contributed by atoms with E-state index in [-0.39, 0.29) is 12.5 Å². The van der Waals surface area contributed by atoms with Crippen LogP contribution in [0.1, 0.15) is 0 Å². The number of hydrogen-bond donors (Lipinski definition) is 0. The molecular formula is C3H9B10Si. The monoisotopic (exact) mass is 183 g/mol. The molecule has 0 bridgehead atoms. The zero-order chi connectivity index (χ0) is 11.5. The third kappa shape index (κ3) is 4.16. The van der Waals surface area contributed by atoms with Crippen LogP contribution in [-0.2, 0) is 0 Å². The van der Waals surface area contributed by atoms with Crippen LogP contribution in [0.3, 0.4) is 0 Å². The van der Waals surface area contributed by atoms with Gasteiger partial charge in [0.05, 0.1) is 0 Å². The fourth-order valence-corrected chi connectivity index (χ4v) is 4.54. The summed E-state index contributed by atoms with van der Waals surface area (Å²) in [6.07, 6.45) is -0.915. The topological polar surface area (TPSA) is 0 Å². The van der Waals surface area contributed by atoms with Gasteiger partial charge in [-0.25, -0.2) is 0 Å². The molecule has 14 heavy (non-hydrogen) atoms. The zero-order valence-corrected chi connectivity index (χ0v) is 10.3. The Morgan fingerprint density at radius 3 is 1.43 bits per heavy atom. The molecule has 0 heterocycles. The Labute approximate surface area is 98.7 Å². The van der Waals surface area contributed by atoms with Crippen molar-refractivity contribution in [2.45, 2.75) is 19.6 Å². The maximum atomic E-state index is 5.76. The van der Waals surface area contributed by atoms with Crippen LogP contribution in [0.15, 0.2) is 0 Å². The van der Waals surface area contributed by atoms with Gasteiger partial charge in [0.15, 0.2) is 0 Å². The van der Waals surface area contributed by atoms with Crippen LogP contribution < -0.4 is 0 Å². The first-order chi connectivity index (χ1) is 6.21. The van der Waals surface area contributed by atoms with E-state index in [0.717, 1.165) is 0 Å². The molecule has 0 nitrogen and oxygen atoms in total. The molecule has 0 saturated carbocycles. The molecule has 0 aromatic carbocycles. The highest BCUT2D eigenvalue weighted by Crippen LogP contribution is 2.10. The summed E-state index contributed by atoms with van der Waals surface area (Å²) in [6, 6.07) is 0. The van der Waals surface area contributed by atoms with Crippen molar-refractivity contribution in [2.75, 3.05) is 0 Å². The molecule has 0 N–H and O–H groups in total. The van der Waals surface area contributed by atoms with Gasteiger partial charge in [0.2, 0.25) is 0 Å². The first-order valence-corrected chi connectivity index (χ1v) is 8.37. The first-order valence-electron chi connectivity index (χ1n) is 4.79. The van der Waals surface area contributed by atoms with Crippen LogP contribution in [0.25, 0.3) is 0 Å². The van der Waals surface area contributed by atoms with Crippen molar-refractivity contribution < 1.29 is 0 Å². The van der Waals surface area contributed by atoms with Crippen molar-refractivity contribution in [3.05, 3.63) is 0 Å². The molecule has 0 aliphatic carbocycles. The fourth-order valence-electron chi connectivity index (χ4n) is 1.90. The van der Waals surface area contributed by atoms with Crippen LogP contribution >= 0.6 is 0 Å². The molecule has 11 radical (unpaired) electrons. The van der Waals surface area contributed by atoms with Gasteiger partial charge < -0.3 is 0 Å². The Hall–Kier alpha value is 0.866. The molecule has 0 aromatic heterocycles. The van der Waals surface area contributed by atoms with E-state index in [1.165, 1.54) is 7.06 Å². The molecule has 0 aliphatic rings. The highest BCUT2D eigenvalue weighted by Gasteiger charge is 2.39. The van der Waals surface area contributed by atoms with E-state index in [1.54, 1.807) is 0 Å². The van der Waals surface area contributed by atoms with Crippen LogP contribution in [0.4, 0.5) is 0 Å². The Kier molecular flexibility index (Phi) is 6.18. The Balaban J connectivity index is 4.80. The van der Waals surface area contributed by atoms with Crippen LogP contribution in [0.5, 0.6) is 0 Å². The Morgan fingerprint density at radius 1 is 0.929 bits per heavy atom. The van der Waals surface area contributed by atoms with Gasteiger partial charge in [0.1, 0.15) is 0 Å². The van der Waals surface area contributed by atoms with E-state index < -0.39 is 20.7 Å². The molecule has 0 aliphatic heterocycles. The molecule has 55 valence electrons. The quantitative estimate of drug-likeness (QED) is 0.414. The Bertz CT molecular complexity index is 163. The van der Waals surface area contributed by atoms with Gasteiger partial charge in [-0.05, 0) is 7.94 Å². The van der Waals surface area contributed by atoms with Crippen molar-refractivity contribution in [1.29, 1.82) is 0 Å². The largest absolute Gasteiger partial charge is 0.0760 e.